The number of anilines is 1. The predicted molar refractivity (Wildman–Crippen MR) is 135 cm³/mol. The van der Waals surface area contributed by atoms with Crippen molar-refractivity contribution in [1.29, 1.82) is 0 Å². The molecule has 1 aromatic heterocycles. The largest absolute Gasteiger partial charge is 0.489 e. The molecule has 0 unspecified atom stereocenters. The Hall–Kier alpha value is -3.85. The van der Waals surface area contributed by atoms with Crippen LogP contribution in [-0.4, -0.2) is 65.2 Å². The van der Waals surface area contributed by atoms with Crippen LogP contribution in [0.5, 0.6) is 5.75 Å². The van der Waals surface area contributed by atoms with Crippen molar-refractivity contribution in [3.8, 4) is 5.75 Å². The molecule has 0 saturated heterocycles. The second-order valence-corrected chi connectivity index (χ2v) is 9.13. The van der Waals surface area contributed by atoms with Gasteiger partial charge in [-0.1, -0.05) is 41.9 Å². The molecule has 5 rings (SSSR count). The summed E-state index contributed by atoms with van der Waals surface area (Å²) in [7, 11) is 1.64. The second-order valence-electron chi connectivity index (χ2n) is 8.78. The van der Waals surface area contributed by atoms with E-state index in [0.717, 1.165) is 5.56 Å². The molecule has 0 aliphatic carbocycles. The van der Waals surface area contributed by atoms with Crippen LogP contribution in [-0.2, 0) is 17.8 Å². The summed E-state index contributed by atoms with van der Waals surface area (Å²) in [5.41, 5.74) is 2.95. The molecule has 2 aliphatic heterocycles. The van der Waals surface area contributed by atoms with Gasteiger partial charge in [-0.15, -0.1) is 0 Å². The van der Waals surface area contributed by atoms with Crippen LogP contribution >= 0.6 is 11.6 Å². The fourth-order valence-electron chi connectivity index (χ4n) is 4.62. The Balaban J connectivity index is 1.39. The van der Waals surface area contributed by atoms with Gasteiger partial charge in [0.25, 0.3) is 17.7 Å². The minimum absolute atomic E-state index is 0.0332. The van der Waals surface area contributed by atoms with Crippen LogP contribution < -0.4 is 15.0 Å². The van der Waals surface area contributed by atoms with Crippen molar-refractivity contribution in [2.45, 2.75) is 25.9 Å². The van der Waals surface area contributed by atoms with Crippen LogP contribution in [0.1, 0.15) is 38.9 Å². The summed E-state index contributed by atoms with van der Waals surface area (Å²) in [5.74, 6) is -0.432. The summed E-state index contributed by atoms with van der Waals surface area (Å²) in [5, 5.41) is 7.70. The number of likely N-dealkylation sites (N-methyl/N-ethyl adjacent to an activating group) is 1. The number of aromatic nitrogens is 2. The van der Waals surface area contributed by atoms with E-state index in [-0.39, 0.29) is 30.0 Å². The Labute approximate surface area is 213 Å². The smallest absolute Gasteiger partial charge is 0.275 e. The first-order valence-electron chi connectivity index (χ1n) is 11.8. The second kappa shape index (κ2) is 9.66. The third kappa shape index (κ3) is 4.19. The van der Waals surface area contributed by atoms with Crippen LogP contribution in [0.4, 0.5) is 5.69 Å². The van der Waals surface area contributed by atoms with Crippen LogP contribution in [0.25, 0.3) is 0 Å². The highest BCUT2D eigenvalue weighted by atomic mass is 35.5. The maximum absolute atomic E-state index is 13.5. The van der Waals surface area contributed by atoms with Crippen molar-refractivity contribution in [2.75, 3.05) is 31.6 Å². The average Bonchev–Trinajstić information content (AvgIpc) is 3.14. The van der Waals surface area contributed by atoms with Crippen LogP contribution in [0.3, 0.4) is 0 Å². The summed E-state index contributed by atoms with van der Waals surface area (Å²) >= 11 is 6.59. The quantitative estimate of drug-likeness (QED) is 0.573. The molecular weight excluding hydrogens is 482 g/mol. The third-order valence-corrected chi connectivity index (χ3v) is 6.96. The molecule has 0 saturated carbocycles. The Morgan fingerprint density at radius 2 is 1.97 bits per heavy atom. The predicted octanol–water partition coefficient (Wildman–Crippen LogP) is 2.76. The number of benzene rings is 2. The summed E-state index contributed by atoms with van der Waals surface area (Å²) in [6.07, 6.45) is 0.483. The van der Waals surface area contributed by atoms with Gasteiger partial charge in [-0.3, -0.25) is 14.4 Å². The molecule has 3 amide bonds. The van der Waals surface area contributed by atoms with E-state index in [1.807, 2.05) is 37.3 Å². The molecule has 2 aliphatic rings. The summed E-state index contributed by atoms with van der Waals surface area (Å²) < 4.78 is 7.60. The van der Waals surface area contributed by atoms with Gasteiger partial charge in [0.1, 0.15) is 23.6 Å². The van der Waals surface area contributed by atoms with Crippen molar-refractivity contribution in [1.82, 2.24) is 20.0 Å². The van der Waals surface area contributed by atoms with Gasteiger partial charge in [0.15, 0.2) is 5.69 Å². The van der Waals surface area contributed by atoms with E-state index in [0.29, 0.717) is 53.8 Å². The van der Waals surface area contributed by atoms with Crippen LogP contribution in [0.2, 0.25) is 5.15 Å². The molecule has 0 fully saturated rings. The molecule has 0 bridgehead atoms. The number of nitrogens with one attached hydrogen (secondary N) is 1. The Bertz CT molecular complexity index is 1340. The summed E-state index contributed by atoms with van der Waals surface area (Å²) in [6.45, 7) is 3.07. The van der Waals surface area contributed by atoms with Crippen molar-refractivity contribution < 1.29 is 19.1 Å². The lowest BCUT2D eigenvalue weighted by Gasteiger charge is -2.33. The molecule has 186 valence electrons. The van der Waals surface area contributed by atoms with Gasteiger partial charge in [-0.05, 0) is 37.1 Å². The van der Waals surface area contributed by atoms with Gasteiger partial charge in [0.05, 0.1) is 12.2 Å². The van der Waals surface area contributed by atoms with E-state index in [1.165, 1.54) is 9.80 Å². The van der Waals surface area contributed by atoms with Gasteiger partial charge in [-0.25, -0.2) is 4.68 Å². The van der Waals surface area contributed by atoms with Gasteiger partial charge >= 0.3 is 0 Å². The molecule has 3 heterocycles. The van der Waals surface area contributed by atoms with Crippen LogP contribution in [0.15, 0.2) is 48.5 Å². The number of rotatable bonds is 5. The van der Waals surface area contributed by atoms with E-state index < -0.39 is 6.04 Å². The molecule has 1 N–H and O–H groups in total. The maximum Gasteiger partial charge on any atom is 0.275 e. The van der Waals surface area contributed by atoms with E-state index in [4.69, 9.17) is 16.3 Å². The number of nitrogens with zero attached hydrogens (tertiary/aromatic N) is 4. The number of carbonyl (C=O) groups excluding carboxylic acids is 3. The van der Waals surface area contributed by atoms with Gasteiger partial charge in [0, 0.05) is 31.3 Å². The molecule has 9 nitrogen and oxygen atoms in total. The third-order valence-electron chi connectivity index (χ3n) is 6.53. The zero-order chi connectivity index (χ0) is 25.4. The summed E-state index contributed by atoms with van der Waals surface area (Å²) in [4.78, 5) is 42.2. The first-order valence-corrected chi connectivity index (χ1v) is 12.2. The first kappa shape index (κ1) is 23.9. The molecule has 3 aromatic rings. The molecule has 2 aromatic carbocycles. The van der Waals surface area contributed by atoms with E-state index in [2.05, 4.69) is 10.4 Å². The Kier molecular flexibility index (Phi) is 6.40. The van der Waals surface area contributed by atoms with Crippen molar-refractivity contribution in [3.63, 3.8) is 0 Å². The summed E-state index contributed by atoms with van der Waals surface area (Å²) in [6, 6.07) is 13.9. The number of hydrogen-bond donors (Lipinski definition) is 1. The van der Waals surface area contributed by atoms with Gasteiger partial charge in [-0.2, -0.15) is 5.10 Å². The van der Waals surface area contributed by atoms with E-state index in [1.54, 1.807) is 29.9 Å². The number of halogens is 1. The molecule has 36 heavy (non-hydrogen) atoms. The molecule has 0 spiro atoms. The minimum atomic E-state index is -0.839. The average molecular weight is 508 g/mol. The highest BCUT2D eigenvalue weighted by Gasteiger charge is 2.41. The maximum atomic E-state index is 13.5. The van der Waals surface area contributed by atoms with Crippen molar-refractivity contribution in [3.05, 3.63) is 76.1 Å². The number of hydrogen-bond acceptors (Lipinski definition) is 5. The topological polar surface area (TPSA) is 96.8 Å². The first-order chi connectivity index (χ1) is 17.4. The number of amides is 3. The fourth-order valence-corrected chi connectivity index (χ4v) is 4.90. The fraction of sp³-hybridized carbons (Fsp3) is 0.308. The van der Waals surface area contributed by atoms with Crippen molar-refractivity contribution >= 4 is 35.0 Å². The minimum Gasteiger partial charge on any atom is -0.489 e. The Morgan fingerprint density at radius 3 is 2.72 bits per heavy atom. The zero-order valence-corrected chi connectivity index (χ0v) is 20.8. The van der Waals surface area contributed by atoms with Gasteiger partial charge < -0.3 is 19.9 Å². The lowest BCUT2D eigenvalue weighted by Crippen LogP contribution is -2.54. The highest BCUT2D eigenvalue weighted by molar-refractivity contribution is 6.31. The number of carbonyl (C=O) groups is 3. The highest BCUT2D eigenvalue weighted by Crippen LogP contribution is 2.34. The Morgan fingerprint density at radius 1 is 1.19 bits per heavy atom. The SMILES string of the molecule is CCNC(=O)c1ccc2c(c1)OC[C@H](N1CCc3c(nn(Cc4ccccc4)c3Cl)C1=O)C(=O)N2C. The van der Waals surface area contributed by atoms with Crippen LogP contribution in [0, 0.1) is 0 Å². The monoisotopic (exact) mass is 507 g/mol. The normalized spacial score (nSPS) is 17.2. The molecule has 1 atom stereocenters. The standard InChI is InChI=1S/C26H26ClN5O4/c1-3-28-24(33)17-9-10-19-21(13-17)36-15-20(25(34)30(19)2)31-12-11-18-22(26(31)35)29-32(23(18)27)14-16-7-5-4-6-8-16/h4-10,13,20H,3,11-12,14-15H2,1-2H3,(H,28,33)/t20-/m0/s1. The lowest BCUT2D eigenvalue weighted by atomic mass is 10.0. The van der Waals surface area contributed by atoms with Gasteiger partial charge in [0.2, 0.25) is 0 Å². The number of ether oxygens (including phenoxy) is 1. The molecular formula is C26H26ClN5O4. The zero-order valence-electron chi connectivity index (χ0n) is 20.0. The van der Waals surface area contributed by atoms with E-state index >= 15 is 0 Å². The van der Waals surface area contributed by atoms with E-state index in [9.17, 15) is 14.4 Å². The molecule has 0 radical (unpaired) electrons. The number of fused-ring (bicyclic) bond motifs is 2. The van der Waals surface area contributed by atoms with Crippen molar-refractivity contribution in [2.24, 2.45) is 0 Å². The molecule has 10 heteroatoms. The lowest BCUT2D eigenvalue weighted by molar-refractivity contribution is -0.123.